The highest BCUT2D eigenvalue weighted by Gasteiger charge is 2.17. The summed E-state index contributed by atoms with van der Waals surface area (Å²) in [7, 11) is 0. The molecule has 0 bridgehead atoms. The van der Waals surface area contributed by atoms with Gasteiger partial charge in [-0.3, -0.25) is 4.79 Å². The Hall–Kier alpha value is -2.50. The van der Waals surface area contributed by atoms with Gasteiger partial charge in [-0.25, -0.2) is 14.4 Å². The van der Waals surface area contributed by atoms with E-state index in [0.29, 0.717) is 23.6 Å². The first-order chi connectivity index (χ1) is 11.7. The van der Waals surface area contributed by atoms with E-state index >= 15 is 0 Å². The zero-order chi connectivity index (χ0) is 16.8. The average Bonchev–Trinajstić information content (AvgIpc) is 2.62. The Morgan fingerprint density at radius 1 is 1.17 bits per heavy atom. The van der Waals surface area contributed by atoms with Gasteiger partial charge in [-0.05, 0) is 18.9 Å². The van der Waals surface area contributed by atoms with Gasteiger partial charge >= 0.3 is 0 Å². The molecule has 1 aromatic carbocycles. The molecule has 2 aromatic rings. The first kappa shape index (κ1) is 16.4. The van der Waals surface area contributed by atoms with Gasteiger partial charge in [0.1, 0.15) is 23.7 Å². The maximum atomic E-state index is 13.6. The lowest BCUT2D eigenvalue weighted by Gasteiger charge is -2.22. The maximum Gasteiger partial charge on any atom is 0.270 e. The minimum Gasteiger partial charge on any atom is -0.366 e. The van der Waals surface area contributed by atoms with Gasteiger partial charge in [0.25, 0.3) is 5.91 Å². The molecule has 2 N–H and O–H groups in total. The second-order valence-corrected chi connectivity index (χ2v) is 6.04. The Balaban J connectivity index is 1.61. The summed E-state index contributed by atoms with van der Waals surface area (Å²) in [6.07, 6.45) is 6.95. The molecule has 1 saturated carbocycles. The largest absolute Gasteiger partial charge is 0.366 e. The summed E-state index contributed by atoms with van der Waals surface area (Å²) in [5.41, 5.74) is 0.871. The third-order valence-corrected chi connectivity index (χ3v) is 4.26. The number of nitrogens with one attached hydrogen (secondary N) is 2. The van der Waals surface area contributed by atoms with E-state index in [4.69, 9.17) is 0 Å². The maximum absolute atomic E-state index is 13.6. The molecule has 0 unspecified atom stereocenters. The molecule has 1 aromatic heterocycles. The number of halogens is 1. The predicted molar refractivity (Wildman–Crippen MR) is 90.1 cm³/mol. The number of amides is 1. The average molecular weight is 328 g/mol. The van der Waals surface area contributed by atoms with Gasteiger partial charge in [-0.2, -0.15) is 0 Å². The summed E-state index contributed by atoms with van der Waals surface area (Å²) in [6, 6.07) is 8.38. The fourth-order valence-corrected chi connectivity index (χ4v) is 2.91. The molecule has 0 radical (unpaired) electrons. The number of carbonyl (C=O) groups excluding carboxylic acids is 1. The number of benzene rings is 1. The predicted octanol–water partition coefficient (Wildman–Crippen LogP) is 3.29. The van der Waals surface area contributed by atoms with Gasteiger partial charge < -0.3 is 10.6 Å². The number of nitrogens with zero attached hydrogens (tertiary/aromatic N) is 2. The van der Waals surface area contributed by atoms with Crippen molar-refractivity contribution in [1.29, 1.82) is 0 Å². The van der Waals surface area contributed by atoms with E-state index < -0.39 is 0 Å². The van der Waals surface area contributed by atoms with Gasteiger partial charge in [-0.1, -0.05) is 37.5 Å². The Morgan fingerprint density at radius 3 is 2.75 bits per heavy atom. The number of hydrogen-bond acceptors (Lipinski definition) is 4. The van der Waals surface area contributed by atoms with Crippen molar-refractivity contribution in [3.63, 3.8) is 0 Å². The topological polar surface area (TPSA) is 66.9 Å². The molecule has 5 nitrogen and oxygen atoms in total. The van der Waals surface area contributed by atoms with Crippen LogP contribution in [0.2, 0.25) is 0 Å². The van der Waals surface area contributed by atoms with Crippen molar-refractivity contribution < 1.29 is 9.18 Å². The van der Waals surface area contributed by atoms with Crippen LogP contribution in [0.5, 0.6) is 0 Å². The summed E-state index contributed by atoms with van der Waals surface area (Å²) >= 11 is 0. The number of carbonyl (C=O) groups is 1. The summed E-state index contributed by atoms with van der Waals surface area (Å²) in [5, 5.41) is 6.06. The third-order valence-electron chi connectivity index (χ3n) is 4.26. The Kier molecular flexibility index (Phi) is 5.36. The van der Waals surface area contributed by atoms with Gasteiger partial charge in [0.15, 0.2) is 0 Å². The first-order valence-electron chi connectivity index (χ1n) is 8.32. The molecule has 1 fully saturated rings. The van der Waals surface area contributed by atoms with Crippen LogP contribution in [0.3, 0.4) is 0 Å². The second-order valence-electron chi connectivity index (χ2n) is 6.04. The second kappa shape index (κ2) is 7.86. The van der Waals surface area contributed by atoms with E-state index in [1.807, 2.05) is 0 Å². The molecule has 0 saturated heterocycles. The number of anilines is 1. The van der Waals surface area contributed by atoms with E-state index in [2.05, 4.69) is 20.6 Å². The van der Waals surface area contributed by atoms with Crippen molar-refractivity contribution in [2.24, 2.45) is 0 Å². The van der Waals surface area contributed by atoms with E-state index in [-0.39, 0.29) is 17.8 Å². The molecule has 1 amide bonds. The molecule has 1 aliphatic rings. The molecule has 0 atom stereocenters. The van der Waals surface area contributed by atoms with Gasteiger partial charge in [0, 0.05) is 24.2 Å². The summed E-state index contributed by atoms with van der Waals surface area (Å²) < 4.78 is 13.6. The van der Waals surface area contributed by atoms with Crippen molar-refractivity contribution in [3.8, 4) is 0 Å². The molecule has 126 valence electrons. The van der Waals surface area contributed by atoms with Crippen LogP contribution >= 0.6 is 0 Å². The standard InChI is InChI=1S/C18H21FN4O/c19-15-9-5-4-6-13(15)11-20-17-10-16(21-12-22-17)18(24)23-14-7-2-1-3-8-14/h4-6,9-10,12,14H,1-3,7-8,11H2,(H,23,24)(H,20,21,22). The van der Waals surface area contributed by atoms with Crippen molar-refractivity contribution in [3.05, 3.63) is 53.7 Å². The summed E-state index contributed by atoms with van der Waals surface area (Å²) in [4.78, 5) is 20.4. The van der Waals surface area contributed by atoms with Crippen LogP contribution in [0, 0.1) is 5.82 Å². The monoisotopic (exact) mass is 328 g/mol. The van der Waals surface area contributed by atoms with Crippen molar-refractivity contribution in [2.45, 2.75) is 44.7 Å². The normalized spacial score (nSPS) is 15.0. The number of rotatable bonds is 5. The molecular weight excluding hydrogens is 307 g/mol. The quantitative estimate of drug-likeness (QED) is 0.884. The molecule has 6 heteroatoms. The van der Waals surface area contributed by atoms with Crippen LogP contribution < -0.4 is 10.6 Å². The van der Waals surface area contributed by atoms with Gasteiger partial charge in [0.05, 0.1) is 0 Å². The van der Waals surface area contributed by atoms with E-state index in [0.717, 1.165) is 25.7 Å². The molecule has 1 aliphatic carbocycles. The summed E-state index contributed by atoms with van der Waals surface area (Å²) in [6.45, 7) is 0.299. The minimum atomic E-state index is -0.269. The van der Waals surface area contributed by atoms with E-state index in [9.17, 15) is 9.18 Å². The SMILES string of the molecule is O=C(NC1CCCCC1)c1cc(NCc2ccccc2F)ncn1. The van der Waals surface area contributed by atoms with Crippen LogP contribution in [-0.4, -0.2) is 21.9 Å². The van der Waals surface area contributed by atoms with Crippen LogP contribution in [0.1, 0.15) is 48.2 Å². The first-order valence-corrected chi connectivity index (χ1v) is 8.32. The van der Waals surface area contributed by atoms with Crippen molar-refractivity contribution >= 4 is 11.7 Å². The van der Waals surface area contributed by atoms with Crippen LogP contribution in [0.4, 0.5) is 10.2 Å². The van der Waals surface area contributed by atoms with Crippen LogP contribution in [0.25, 0.3) is 0 Å². The van der Waals surface area contributed by atoms with Crippen LogP contribution in [0.15, 0.2) is 36.7 Å². The fourth-order valence-electron chi connectivity index (χ4n) is 2.91. The van der Waals surface area contributed by atoms with Gasteiger partial charge in [-0.15, -0.1) is 0 Å². The van der Waals surface area contributed by atoms with E-state index in [1.165, 1.54) is 18.8 Å². The fraction of sp³-hybridized carbons (Fsp3) is 0.389. The summed E-state index contributed by atoms with van der Waals surface area (Å²) in [5.74, 6) is 0.0506. The lowest BCUT2D eigenvalue weighted by Crippen LogP contribution is -2.36. The Morgan fingerprint density at radius 2 is 1.96 bits per heavy atom. The molecular formula is C18H21FN4O. The van der Waals surface area contributed by atoms with Crippen molar-refractivity contribution in [2.75, 3.05) is 5.32 Å². The number of hydrogen-bond donors (Lipinski definition) is 2. The lowest BCUT2D eigenvalue weighted by atomic mass is 9.95. The number of aromatic nitrogens is 2. The van der Waals surface area contributed by atoms with E-state index in [1.54, 1.807) is 24.3 Å². The molecule has 3 rings (SSSR count). The zero-order valence-electron chi connectivity index (χ0n) is 13.5. The Bertz CT molecular complexity index is 701. The van der Waals surface area contributed by atoms with Gasteiger partial charge in [0.2, 0.25) is 0 Å². The highest BCUT2D eigenvalue weighted by molar-refractivity contribution is 5.93. The molecule has 0 aliphatic heterocycles. The highest BCUT2D eigenvalue weighted by atomic mass is 19.1. The molecule has 1 heterocycles. The zero-order valence-corrected chi connectivity index (χ0v) is 13.5. The molecule has 24 heavy (non-hydrogen) atoms. The minimum absolute atomic E-state index is 0.182. The lowest BCUT2D eigenvalue weighted by molar-refractivity contribution is 0.0922. The Labute approximate surface area is 140 Å². The molecule has 0 spiro atoms. The smallest absolute Gasteiger partial charge is 0.270 e. The van der Waals surface area contributed by atoms with Crippen LogP contribution in [-0.2, 0) is 6.54 Å². The highest BCUT2D eigenvalue weighted by Crippen LogP contribution is 2.18. The third kappa shape index (κ3) is 4.28. The van der Waals surface area contributed by atoms with Crippen molar-refractivity contribution in [1.82, 2.24) is 15.3 Å².